The van der Waals surface area contributed by atoms with E-state index in [4.69, 9.17) is 11.6 Å². The number of thioether (sulfide) groups is 1. The molecule has 0 radical (unpaired) electrons. The molecule has 0 fully saturated rings. The molecule has 0 unspecified atom stereocenters. The maximum atomic E-state index is 6.13. The number of aromatic nitrogens is 3. The molecule has 0 amide bonds. The molecule has 152 valence electrons. The summed E-state index contributed by atoms with van der Waals surface area (Å²) in [5.74, 6) is 1.73. The molecule has 1 heterocycles. The number of hydrogen-bond acceptors (Lipinski definition) is 3. The lowest BCUT2D eigenvalue weighted by atomic mass is 10.1. The summed E-state index contributed by atoms with van der Waals surface area (Å²) in [5.41, 5.74) is 3.51. The van der Waals surface area contributed by atoms with Gasteiger partial charge in [0.05, 0.1) is 0 Å². The zero-order valence-corrected chi connectivity index (χ0v) is 18.4. The lowest BCUT2D eigenvalue weighted by Crippen LogP contribution is -2.04. The van der Waals surface area contributed by atoms with E-state index in [0.717, 1.165) is 22.4 Å². The van der Waals surface area contributed by atoms with Gasteiger partial charge < -0.3 is 0 Å². The first kappa shape index (κ1) is 19.9. The van der Waals surface area contributed by atoms with Crippen molar-refractivity contribution >= 4 is 34.1 Å². The van der Waals surface area contributed by atoms with Crippen molar-refractivity contribution in [2.45, 2.75) is 17.3 Å². The van der Waals surface area contributed by atoms with Gasteiger partial charge in [0.2, 0.25) is 0 Å². The monoisotopic (exact) mass is 441 g/mol. The van der Waals surface area contributed by atoms with E-state index in [1.807, 2.05) is 30.3 Å². The van der Waals surface area contributed by atoms with Crippen molar-refractivity contribution in [3.05, 3.63) is 119 Å². The van der Waals surface area contributed by atoms with E-state index >= 15 is 0 Å². The highest BCUT2D eigenvalue weighted by Crippen LogP contribution is 2.29. The van der Waals surface area contributed by atoms with Crippen molar-refractivity contribution in [2.75, 3.05) is 0 Å². The summed E-state index contributed by atoms with van der Waals surface area (Å²) in [6, 6.07) is 33.1. The molecule has 4 aromatic carbocycles. The van der Waals surface area contributed by atoms with Crippen LogP contribution in [0.3, 0.4) is 0 Å². The fourth-order valence-electron chi connectivity index (χ4n) is 3.70. The fourth-order valence-corrected chi connectivity index (χ4v) is 4.80. The van der Waals surface area contributed by atoms with Crippen molar-refractivity contribution in [3.63, 3.8) is 0 Å². The Balaban J connectivity index is 1.49. The minimum Gasteiger partial charge on any atom is -0.274 e. The summed E-state index contributed by atoms with van der Waals surface area (Å²) in [6.07, 6.45) is 0.714. The van der Waals surface area contributed by atoms with Gasteiger partial charge in [-0.25, -0.2) is 0 Å². The van der Waals surface area contributed by atoms with Crippen LogP contribution in [0.2, 0.25) is 5.02 Å². The van der Waals surface area contributed by atoms with E-state index in [9.17, 15) is 0 Å². The SMILES string of the molecule is Clc1ccc(-n2c(Cc3ccccc3)nnc2SCc2cccc3ccccc23)cc1. The smallest absolute Gasteiger partial charge is 0.196 e. The van der Waals surface area contributed by atoms with Crippen molar-refractivity contribution in [1.29, 1.82) is 0 Å². The van der Waals surface area contributed by atoms with E-state index < -0.39 is 0 Å². The first-order valence-corrected chi connectivity index (χ1v) is 11.5. The number of benzene rings is 4. The number of nitrogens with zero attached hydrogens (tertiary/aromatic N) is 3. The van der Waals surface area contributed by atoms with Crippen LogP contribution in [0.1, 0.15) is 17.0 Å². The summed E-state index contributed by atoms with van der Waals surface area (Å²) in [4.78, 5) is 0. The van der Waals surface area contributed by atoms with Gasteiger partial charge in [0.25, 0.3) is 0 Å². The number of hydrogen-bond donors (Lipinski definition) is 0. The van der Waals surface area contributed by atoms with Crippen LogP contribution in [-0.2, 0) is 12.2 Å². The Morgan fingerprint density at radius 2 is 1.48 bits per heavy atom. The van der Waals surface area contributed by atoms with Crippen LogP contribution in [0.4, 0.5) is 0 Å². The molecule has 31 heavy (non-hydrogen) atoms. The standard InChI is InChI=1S/C26H20ClN3S/c27-22-13-15-23(16-14-22)30-25(17-19-7-2-1-3-8-19)28-29-26(30)31-18-21-11-6-10-20-9-4-5-12-24(20)21/h1-16H,17-18H2. The van der Waals surface area contributed by atoms with E-state index in [2.05, 4.69) is 81.5 Å². The van der Waals surface area contributed by atoms with Crippen LogP contribution < -0.4 is 0 Å². The molecule has 0 bridgehead atoms. The highest BCUT2D eigenvalue weighted by atomic mass is 35.5. The molecule has 5 heteroatoms. The normalized spacial score (nSPS) is 11.1. The molecule has 5 rings (SSSR count). The molecule has 0 saturated heterocycles. The molecule has 5 aromatic rings. The second-order valence-electron chi connectivity index (χ2n) is 7.30. The van der Waals surface area contributed by atoms with Gasteiger partial charge >= 0.3 is 0 Å². The van der Waals surface area contributed by atoms with Gasteiger partial charge in [-0.3, -0.25) is 4.57 Å². The number of halogens is 1. The van der Waals surface area contributed by atoms with Crippen LogP contribution in [0, 0.1) is 0 Å². The molecule has 0 aliphatic rings. The van der Waals surface area contributed by atoms with Gasteiger partial charge in [0.15, 0.2) is 5.16 Å². The average Bonchev–Trinajstić information content (AvgIpc) is 3.21. The first-order chi connectivity index (χ1) is 15.3. The minimum absolute atomic E-state index is 0.714. The van der Waals surface area contributed by atoms with Crippen LogP contribution in [-0.4, -0.2) is 14.8 Å². The number of fused-ring (bicyclic) bond motifs is 1. The second kappa shape index (κ2) is 8.96. The van der Waals surface area contributed by atoms with Crippen molar-refractivity contribution in [3.8, 4) is 5.69 Å². The molecule has 0 atom stereocenters. The predicted octanol–water partition coefficient (Wildman–Crippen LogP) is 6.96. The largest absolute Gasteiger partial charge is 0.274 e. The van der Waals surface area contributed by atoms with Gasteiger partial charge in [0, 0.05) is 22.9 Å². The Kier molecular flexibility index (Phi) is 5.74. The number of rotatable bonds is 6. The third kappa shape index (κ3) is 4.36. The zero-order chi connectivity index (χ0) is 21.0. The second-order valence-corrected chi connectivity index (χ2v) is 8.68. The third-order valence-corrected chi connectivity index (χ3v) is 6.46. The molecule has 0 spiro atoms. The quantitative estimate of drug-likeness (QED) is 0.267. The van der Waals surface area contributed by atoms with Gasteiger partial charge in [-0.1, -0.05) is 96.2 Å². The lowest BCUT2D eigenvalue weighted by molar-refractivity contribution is 0.848. The Hall–Kier alpha value is -3.08. The van der Waals surface area contributed by atoms with Gasteiger partial charge in [0.1, 0.15) is 5.82 Å². The minimum atomic E-state index is 0.714. The highest BCUT2D eigenvalue weighted by molar-refractivity contribution is 7.98. The topological polar surface area (TPSA) is 30.7 Å². The first-order valence-electron chi connectivity index (χ1n) is 10.1. The summed E-state index contributed by atoms with van der Waals surface area (Å²) in [6.45, 7) is 0. The third-order valence-electron chi connectivity index (χ3n) is 5.23. The Bertz CT molecular complexity index is 1310. The Labute approximate surface area is 190 Å². The molecule has 3 nitrogen and oxygen atoms in total. The molecule has 0 aliphatic carbocycles. The lowest BCUT2D eigenvalue weighted by Gasteiger charge is -2.11. The Morgan fingerprint density at radius 1 is 0.742 bits per heavy atom. The van der Waals surface area contributed by atoms with E-state index in [-0.39, 0.29) is 0 Å². The molecular formula is C26H20ClN3S. The zero-order valence-electron chi connectivity index (χ0n) is 16.8. The summed E-state index contributed by atoms with van der Waals surface area (Å²) >= 11 is 7.84. The molecule has 1 aromatic heterocycles. The van der Waals surface area contributed by atoms with E-state index in [1.165, 1.54) is 21.9 Å². The van der Waals surface area contributed by atoms with Crippen LogP contribution in [0.25, 0.3) is 16.5 Å². The maximum absolute atomic E-state index is 6.13. The summed E-state index contributed by atoms with van der Waals surface area (Å²) in [7, 11) is 0. The molecule has 0 aliphatic heterocycles. The van der Waals surface area contributed by atoms with E-state index in [0.29, 0.717) is 11.4 Å². The fraction of sp³-hybridized carbons (Fsp3) is 0.0769. The van der Waals surface area contributed by atoms with Gasteiger partial charge in [-0.2, -0.15) is 0 Å². The average molecular weight is 442 g/mol. The van der Waals surface area contributed by atoms with Crippen LogP contribution in [0.5, 0.6) is 0 Å². The summed E-state index contributed by atoms with van der Waals surface area (Å²) in [5, 5.41) is 13.2. The van der Waals surface area contributed by atoms with Gasteiger partial charge in [-0.15, -0.1) is 10.2 Å². The Morgan fingerprint density at radius 3 is 2.32 bits per heavy atom. The van der Waals surface area contributed by atoms with Crippen LogP contribution >= 0.6 is 23.4 Å². The molecule has 0 saturated carbocycles. The van der Waals surface area contributed by atoms with Crippen molar-refractivity contribution in [2.24, 2.45) is 0 Å². The highest BCUT2D eigenvalue weighted by Gasteiger charge is 2.15. The maximum Gasteiger partial charge on any atom is 0.196 e. The molecular weight excluding hydrogens is 422 g/mol. The predicted molar refractivity (Wildman–Crippen MR) is 129 cm³/mol. The van der Waals surface area contributed by atoms with Crippen molar-refractivity contribution < 1.29 is 0 Å². The van der Waals surface area contributed by atoms with Gasteiger partial charge in [-0.05, 0) is 46.2 Å². The van der Waals surface area contributed by atoms with Crippen LogP contribution in [0.15, 0.2) is 102 Å². The summed E-state index contributed by atoms with van der Waals surface area (Å²) < 4.78 is 2.14. The molecule has 0 N–H and O–H groups in total. The van der Waals surface area contributed by atoms with Crippen molar-refractivity contribution in [1.82, 2.24) is 14.8 Å². The van der Waals surface area contributed by atoms with E-state index in [1.54, 1.807) is 11.8 Å².